The topological polar surface area (TPSA) is 40.5 Å². The molecule has 0 aliphatic heterocycles. The van der Waals surface area contributed by atoms with E-state index in [2.05, 4.69) is 0 Å². The van der Waals surface area contributed by atoms with Gasteiger partial charge in [0.1, 0.15) is 0 Å². The van der Waals surface area contributed by atoms with Crippen LogP contribution in [0.15, 0.2) is 0 Å². The molecule has 1 N–H and O–H groups in total. The van der Waals surface area contributed by atoms with Gasteiger partial charge in [0, 0.05) is 20.0 Å². The van der Waals surface area contributed by atoms with Crippen LogP contribution in [0.4, 0.5) is 0 Å². The maximum absolute atomic E-state index is 11.3. The lowest BCUT2D eigenvalue weighted by molar-refractivity contribution is -0.131. The fraction of sp³-hybridized carbons (Fsp3) is 0.900. The zero-order valence-electron chi connectivity index (χ0n) is 8.33. The number of nitrogens with zero attached hydrogens (tertiary/aromatic N) is 1. The molecule has 13 heavy (non-hydrogen) atoms. The van der Waals surface area contributed by atoms with Crippen LogP contribution in [0.1, 0.15) is 32.1 Å². The predicted octanol–water partition coefficient (Wildman–Crippen LogP) is 1.02. The van der Waals surface area contributed by atoms with E-state index >= 15 is 0 Å². The van der Waals surface area contributed by atoms with Crippen LogP contribution in [-0.4, -0.2) is 36.1 Å². The molecular weight excluding hydrogens is 166 g/mol. The van der Waals surface area contributed by atoms with Gasteiger partial charge in [-0.25, -0.2) is 0 Å². The van der Waals surface area contributed by atoms with Crippen LogP contribution in [0.25, 0.3) is 0 Å². The van der Waals surface area contributed by atoms with E-state index in [1.165, 1.54) is 25.7 Å². The lowest BCUT2D eigenvalue weighted by atomic mass is 10.1. The molecule has 0 saturated heterocycles. The number of aliphatic hydroxyl groups is 1. The number of amides is 1. The summed E-state index contributed by atoms with van der Waals surface area (Å²) in [6.45, 7) is 0.840. The van der Waals surface area contributed by atoms with E-state index in [4.69, 9.17) is 5.11 Å². The molecule has 1 rings (SSSR count). The van der Waals surface area contributed by atoms with Gasteiger partial charge in [-0.3, -0.25) is 4.79 Å². The Labute approximate surface area is 79.7 Å². The Morgan fingerprint density at radius 1 is 1.46 bits per heavy atom. The summed E-state index contributed by atoms with van der Waals surface area (Å²) in [4.78, 5) is 13.1. The smallest absolute Gasteiger partial charge is 0.224 e. The predicted molar refractivity (Wildman–Crippen MR) is 51.3 cm³/mol. The summed E-state index contributed by atoms with van der Waals surface area (Å²) in [5.74, 6) is 0.766. The number of aliphatic hydroxyl groups excluding tert-OH is 1. The van der Waals surface area contributed by atoms with E-state index in [-0.39, 0.29) is 18.9 Å². The van der Waals surface area contributed by atoms with Crippen molar-refractivity contribution in [2.75, 3.05) is 20.2 Å². The zero-order chi connectivity index (χ0) is 9.68. The van der Waals surface area contributed by atoms with Crippen molar-refractivity contribution in [2.45, 2.75) is 32.1 Å². The second kappa shape index (κ2) is 5.22. The van der Waals surface area contributed by atoms with Crippen LogP contribution in [0.3, 0.4) is 0 Å². The summed E-state index contributed by atoms with van der Waals surface area (Å²) < 4.78 is 0. The zero-order valence-corrected chi connectivity index (χ0v) is 8.33. The molecular formula is C10H19NO2. The first-order valence-corrected chi connectivity index (χ1v) is 5.09. The van der Waals surface area contributed by atoms with Crippen molar-refractivity contribution in [3.05, 3.63) is 0 Å². The van der Waals surface area contributed by atoms with Crippen LogP contribution in [0.5, 0.6) is 0 Å². The molecule has 1 aliphatic rings. The Balaban J connectivity index is 2.22. The molecule has 0 heterocycles. The molecule has 0 aromatic carbocycles. The Morgan fingerprint density at radius 3 is 2.62 bits per heavy atom. The molecule has 1 aliphatic carbocycles. The summed E-state index contributed by atoms with van der Waals surface area (Å²) in [5.41, 5.74) is 0. The largest absolute Gasteiger partial charge is 0.396 e. The second-order valence-corrected chi connectivity index (χ2v) is 3.90. The highest BCUT2D eigenvalue weighted by molar-refractivity contribution is 5.75. The number of carbonyl (C=O) groups excluding carboxylic acids is 1. The highest BCUT2D eigenvalue weighted by Crippen LogP contribution is 2.25. The normalized spacial score (nSPS) is 17.7. The summed E-state index contributed by atoms with van der Waals surface area (Å²) in [6.07, 6.45) is 5.41. The minimum Gasteiger partial charge on any atom is -0.396 e. The third-order valence-electron chi connectivity index (χ3n) is 2.76. The lowest BCUT2D eigenvalue weighted by Gasteiger charge is -2.20. The van der Waals surface area contributed by atoms with E-state index in [0.717, 1.165) is 6.54 Å². The third kappa shape index (κ3) is 3.35. The molecule has 0 aromatic heterocycles. The molecule has 0 spiro atoms. The Morgan fingerprint density at radius 2 is 2.08 bits per heavy atom. The van der Waals surface area contributed by atoms with Crippen LogP contribution in [-0.2, 0) is 4.79 Å². The van der Waals surface area contributed by atoms with Crippen molar-refractivity contribution >= 4 is 5.91 Å². The van der Waals surface area contributed by atoms with Gasteiger partial charge in [0.15, 0.2) is 0 Å². The standard InChI is InChI=1S/C10H19NO2/c1-11(10(13)6-7-12)8-9-4-2-3-5-9/h9,12H,2-8H2,1H3. The van der Waals surface area contributed by atoms with Gasteiger partial charge in [-0.15, -0.1) is 0 Å². The molecule has 0 atom stereocenters. The van der Waals surface area contributed by atoms with Gasteiger partial charge in [-0.05, 0) is 18.8 Å². The average Bonchev–Trinajstić information content (AvgIpc) is 2.57. The molecule has 0 radical (unpaired) electrons. The molecule has 76 valence electrons. The molecule has 0 aromatic rings. The fourth-order valence-corrected chi connectivity index (χ4v) is 1.97. The van der Waals surface area contributed by atoms with Crippen molar-refractivity contribution < 1.29 is 9.90 Å². The molecule has 3 nitrogen and oxygen atoms in total. The maximum atomic E-state index is 11.3. The minimum atomic E-state index is -0.0339. The van der Waals surface area contributed by atoms with E-state index in [0.29, 0.717) is 5.92 Å². The van der Waals surface area contributed by atoms with E-state index < -0.39 is 0 Å². The molecule has 3 heteroatoms. The Bertz CT molecular complexity index is 164. The molecule has 0 unspecified atom stereocenters. The molecule has 0 bridgehead atoms. The first kappa shape index (κ1) is 10.5. The van der Waals surface area contributed by atoms with Crippen LogP contribution in [0, 0.1) is 5.92 Å². The van der Waals surface area contributed by atoms with Crippen LogP contribution >= 0.6 is 0 Å². The van der Waals surface area contributed by atoms with Crippen molar-refractivity contribution in [1.29, 1.82) is 0 Å². The first-order chi connectivity index (χ1) is 6.24. The highest BCUT2D eigenvalue weighted by atomic mass is 16.3. The van der Waals surface area contributed by atoms with Crippen molar-refractivity contribution in [3.63, 3.8) is 0 Å². The fourth-order valence-electron chi connectivity index (χ4n) is 1.97. The summed E-state index contributed by atoms with van der Waals surface area (Å²) in [7, 11) is 1.83. The van der Waals surface area contributed by atoms with Crippen molar-refractivity contribution in [2.24, 2.45) is 5.92 Å². The molecule has 1 fully saturated rings. The van der Waals surface area contributed by atoms with E-state index in [1.807, 2.05) is 7.05 Å². The van der Waals surface area contributed by atoms with Crippen molar-refractivity contribution in [3.8, 4) is 0 Å². The quantitative estimate of drug-likeness (QED) is 0.710. The number of hydrogen-bond donors (Lipinski definition) is 1. The van der Waals surface area contributed by atoms with Gasteiger partial charge in [-0.1, -0.05) is 12.8 Å². The highest BCUT2D eigenvalue weighted by Gasteiger charge is 2.18. The number of carbonyl (C=O) groups is 1. The first-order valence-electron chi connectivity index (χ1n) is 5.09. The van der Waals surface area contributed by atoms with Gasteiger partial charge >= 0.3 is 0 Å². The minimum absolute atomic E-state index is 0.0339. The molecule has 1 saturated carbocycles. The Hall–Kier alpha value is -0.570. The summed E-state index contributed by atoms with van der Waals surface area (Å²) in [5, 5.41) is 8.60. The van der Waals surface area contributed by atoms with Crippen molar-refractivity contribution in [1.82, 2.24) is 4.90 Å². The SMILES string of the molecule is CN(CC1CCCC1)C(=O)CCO. The Kier molecular flexibility index (Phi) is 4.22. The van der Waals surface area contributed by atoms with Gasteiger partial charge in [0.05, 0.1) is 6.61 Å². The number of rotatable bonds is 4. The van der Waals surface area contributed by atoms with Gasteiger partial charge in [0.2, 0.25) is 5.91 Å². The van der Waals surface area contributed by atoms with E-state index in [9.17, 15) is 4.79 Å². The summed E-state index contributed by atoms with van der Waals surface area (Å²) >= 11 is 0. The third-order valence-corrected chi connectivity index (χ3v) is 2.76. The molecule has 1 amide bonds. The van der Waals surface area contributed by atoms with Gasteiger partial charge in [0.25, 0.3) is 0 Å². The maximum Gasteiger partial charge on any atom is 0.224 e. The van der Waals surface area contributed by atoms with Gasteiger partial charge in [-0.2, -0.15) is 0 Å². The lowest BCUT2D eigenvalue weighted by Crippen LogP contribution is -2.31. The van der Waals surface area contributed by atoms with Crippen LogP contribution < -0.4 is 0 Å². The van der Waals surface area contributed by atoms with Crippen LogP contribution in [0.2, 0.25) is 0 Å². The van der Waals surface area contributed by atoms with E-state index in [1.54, 1.807) is 4.90 Å². The monoisotopic (exact) mass is 185 g/mol. The van der Waals surface area contributed by atoms with Gasteiger partial charge < -0.3 is 10.0 Å². The average molecular weight is 185 g/mol. The number of hydrogen-bond acceptors (Lipinski definition) is 2. The second-order valence-electron chi connectivity index (χ2n) is 3.90. The summed E-state index contributed by atoms with van der Waals surface area (Å²) in [6, 6.07) is 0.